The van der Waals surface area contributed by atoms with Crippen LogP contribution in [0.5, 0.6) is 0 Å². The summed E-state index contributed by atoms with van der Waals surface area (Å²) in [4.78, 5) is 24.4. The minimum Gasteiger partial charge on any atom is -0.462 e. The first-order chi connectivity index (χ1) is 25.6. The van der Waals surface area contributed by atoms with Gasteiger partial charge in [-0.2, -0.15) is 0 Å². The third-order valence-corrected chi connectivity index (χ3v) is 10.2. The lowest BCUT2D eigenvalue weighted by molar-refractivity contribution is -0.161. The van der Waals surface area contributed by atoms with Gasteiger partial charge in [-0.05, 0) is 64.2 Å². The Morgan fingerprint density at radius 1 is 0.423 bits per heavy atom. The largest absolute Gasteiger partial charge is 0.462 e. The molecule has 0 aliphatic heterocycles. The Balaban J connectivity index is 3.49. The molecule has 5 nitrogen and oxygen atoms in total. The second-order valence-corrected chi connectivity index (χ2v) is 15.5. The SMILES string of the molecule is CCCCCCCCC=CCCCCCCCCCCCCCC(=O)OCC(CO)OC(=O)CCCCCCCCCC=CCCCCCCCC. The quantitative estimate of drug-likeness (QED) is 0.0384. The molecule has 0 bridgehead atoms. The third-order valence-electron chi connectivity index (χ3n) is 10.2. The molecule has 0 fully saturated rings. The molecule has 0 spiro atoms. The molecular formula is C47H88O5. The molecule has 0 rings (SSSR count). The van der Waals surface area contributed by atoms with Crippen LogP contribution in [0.2, 0.25) is 0 Å². The monoisotopic (exact) mass is 733 g/mol. The third kappa shape index (κ3) is 41.1. The molecule has 0 aliphatic rings. The lowest BCUT2D eigenvalue weighted by Crippen LogP contribution is -2.28. The molecule has 0 aromatic carbocycles. The molecule has 0 amide bonds. The van der Waals surface area contributed by atoms with Gasteiger partial charge in [-0.1, -0.05) is 192 Å². The summed E-state index contributed by atoms with van der Waals surface area (Å²) in [6, 6.07) is 0. The van der Waals surface area contributed by atoms with Crippen LogP contribution in [0.4, 0.5) is 0 Å². The Morgan fingerprint density at radius 3 is 1.04 bits per heavy atom. The van der Waals surface area contributed by atoms with Gasteiger partial charge in [-0.15, -0.1) is 0 Å². The Hall–Kier alpha value is -1.62. The molecule has 5 heteroatoms. The van der Waals surface area contributed by atoms with Crippen molar-refractivity contribution in [1.29, 1.82) is 0 Å². The molecule has 0 aromatic rings. The summed E-state index contributed by atoms with van der Waals surface area (Å²) in [5.41, 5.74) is 0. The Bertz CT molecular complexity index is 791. The van der Waals surface area contributed by atoms with Crippen LogP contribution in [-0.2, 0) is 19.1 Å². The highest BCUT2D eigenvalue weighted by molar-refractivity contribution is 5.70. The van der Waals surface area contributed by atoms with Crippen molar-refractivity contribution in [2.24, 2.45) is 0 Å². The zero-order valence-electron chi connectivity index (χ0n) is 34.8. The van der Waals surface area contributed by atoms with Crippen LogP contribution in [0.1, 0.15) is 245 Å². The molecule has 0 radical (unpaired) electrons. The summed E-state index contributed by atoms with van der Waals surface area (Å²) in [6.07, 6.45) is 52.5. The van der Waals surface area contributed by atoms with Crippen LogP contribution in [-0.4, -0.2) is 36.4 Å². The highest BCUT2D eigenvalue weighted by atomic mass is 16.6. The van der Waals surface area contributed by atoms with E-state index < -0.39 is 6.10 Å². The molecule has 0 aliphatic carbocycles. The van der Waals surface area contributed by atoms with Crippen LogP contribution in [0.15, 0.2) is 24.3 Å². The van der Waals surface area contributed by atoms with E-state index >= 15 is 0 Å². The maximum atomic E-state index is 12.2. The number of allylic oxidation sites excluding steroid dienone is 4. The summed E-state index contributed by atoms with van der Waals surface area (Å²) < 4.78 is 10.6. The van der Waals surface area contributed by atoms with Gasteiger partial charge in [0, 0.05) is 12.8 Å². The lowest BCUT2D eigenvalue weighted by Gasteiger charge is -2.15. The van der Waals surface area contributed by atoms with Crippen LogP contribution < -0.4 is 0 Å². The van der Waals surface area contributed by atoms with Gasteiger partial charge in [-0.3, -0.25) is 9.59 Å². The zero-order chi connectivity index (χ0) is 37.8. The average Bonchev–Trinajstić information content (AvgIpc) is 3.15. The molecule has 1 atom stereocenters. The molecule has 0 saturated heterocycles. The van der Waals surface area contributed by atoms with Crippen molar-refractivity contribution in [2.75, 3.05) is 13.2 Å². The Morgan fingerprint density at radius 2 is 0.712 bits per heavy atom. The van der Waals surface area contributed by atoms with Gasteiger partial charge in [-0.25, -0.2) is 0 Å². The van der Waals surface area contributed by atoms with Crippen LogP contribution in [0.3, 0.4) is 0 Å². The van der Waals surface area contributed by atoms with Crippen LogP contribution in [0.25, 0.3) is 0 Å². The summed E-state index contributed by atoms with van der Waals surface area (Å²) in [6.45, 7) is 4.15. The number of carbonyl (C=O) groups is 2. The number of esters is 2. The Kier molecular flexibility index (Phi) is 42.4. The molecule has 306 valence electrons. The van der Waals surface area contributed by atoms with Crippen molar-refractivity contribution in [3.05, 3.63) is 24.3 Å². The maximum Gasteiger partial charge on any atom is 0.306 e. The predicted molar refractivity (Wildman–Crippen MR) is 224 cm³/mol. The normalized spacial score (nSPS) is 12.3. The minimum absolute atomic E-state index is 0.0642. The van der Waals surface area contributed by atoms with Gasteiger partial charge in [0.2, 0.25) is 0 Å². The van der Waals surface area contributed by atoms with Gasteiger partial charge in [0.25, 0.3) is 0 Å². The van der Waals surface area contributed by atoms with Crippen molar-refractivity contribution in [2.45, 2.75) is 251 Å². The second-order valence-electron chi connectivity index (χ2n) is 15.5. The average molecular weight is 733 g/mol. The second kappa shape index (κ2) is 43.8. The molecule has 0 heterocycles. The van der Waals surface area contributed by atoms with Crippen molar-refractivity contribution in [3.8, 4) is 0 Å². The smallest absolute Gasteiger partial charge is 0.306 e. The van der Waals surface area contributed by atoms with Gasteiger partial charge >= 0.3 is 11.9 Å². The first-order valence-electron chi connectivity index (χ1n) is 22.9. The van der Waals surface area contributed by atoms with E-state index in [0.717, 1.165) is 38.5 Å². The molecule has 1 unspecified atom stereocenters. The first kappa shape index (κ1) is 50.4. The Labute approximate surface area is 323 Å². The predicted octanol–water partition coefficient (Wildman–Crippen LogP) is 14.6. The number of aliphatic hydroxyl groups excluding tert-OH is 1. The number of carbonyl (C=O) groups excluding carboxylic acids is 2. The fourth-order valence-corrected chi connectivity index (χ4v) is 6.72. The van der Waals surface area contributed by atoms with Gasteiger partial charge in [0.05, 0.1) is 6.61 Å². The van der Waals surface area contributed by atoms with Crippen LogP contribution in [0, 0.1) is 0 Å². The lowest BCUT2D eigenvalue weighted by atomic mass is 10.0. The summed E-state index contributed by atoms with van der Waals surface area (Å²) in [5, 5.41) is 9.59. The van der Waals surface area contributed by atoms with Gasteiger partial charge in [0.15, 0.2) is 6.10 Å². The molecule has 1 N–H and O–H groups in total. The van der Waals surface area contributed by atoms with E-state index in [1.54, 1.807) is 0 Å². The number of hydrogen-bond donors (Lipinski definition) is 1. The van der Waals surface area contributed by atoms with Crippen molar-refractivity contribution in [1.82, 2.24) is 0 Å². The molecule has 52 heavy (non-hydrogen) atoms. The number of rotatable bonds is 42. The number of unbranched alkanes of at least 4 members (excludes halogenated alkanes) is 30. The van der Waals surface area contributed by atoms with E-state index in [0.29, 0.717) is 12.8 Å². The zero-order valence-corrected chi connectivity index (χ0v) is 34.8. The van der Waals surface area contributed by atoms with E-state index in [1.165, 1.54) is 180 Å². The fraction of sp³-hybridized carbons (Fsp3) is 0.872. The minimum atomic E-state index is -0.771. The molecular weight excluding hydrogens is 645 g/mol. The molecule has 0 saturated carbocycles. The van der Waals surface area contributed by atoms with E-state index in [4.69, 9.17) is 9.47 Å². The number of hydrogen-bond acceptors (Lipinski definition) is 5. The standard InChI is InChI=1S/C47H88O5/c1-3-5-7-9-11-13-15-17-19-21-22-23-24-26-27-29-31-33-35-37-39-41-46(49)51-44-45(43-48)52-47(50)42-40-38-36-34-32-30-28-25-20-18-16-14-12-10-8-6-4-2/h17-20,45,48H,3-16,21-44H2,1-2H3. The van der Waals surface area contributed by atoms with Crippen LogP contribution >= 0.6 is 0 Å². The van der Waals surface area contributed by atoms with Gasteiger partial charge < -0.3 is 14.6 Å². The van der Waals surface area contributed by atoms with E-state index in [2.05, 4.69) is 38.2 Å². The fourth-order valence-electron chi connectivity index (χ4n) is 6.72. The summed E-state index contributed by atoms with van der Waals surface area (Å²) in [7, 11) is 0. The topological polar surface area (TPSA) is 72.8 Å². The van der Waals surface area contributed by atoms with E-state index in [9.17, 15) is 14.7 Å². The first-order valence-corrected chi connectivity index (χ1v) is 22.9. The number of ether oxygens (including phenoxy) is 2. The summed E-state index contributed by atoms with van der Waals surface area (Å²) >= 11 is 0. The highest BCUT2D eigenvalue weighted by Crippen LogP contribution is 2.15. The maximum absolute atomic E-state index is 12.2. The highest BCUT2D eigenvalue weighted by Gasteiger charge is 2.16. The van der Waals surface area contributed by atoms with Crippen molar-refractivity contribution < 1.29 is 24.2 Å². The van der Waals surface area contributed by atoms with Crippen molar-refractivity contribution in [3.63, 3.8) is 0 Å². The summed E-state index contributed by atoms with van der Waals surface area (Å²) in [5.74, 6) is -0.586. The molecule has 0 aromatic heterocycles. The van der Waals surface area contributed by atoms with Gasteiger partial charge in [0.1, 0.15) is 6.61 Å². The van der Waals surface area contributed by atoms with E-state index in [-0.39, 0.29) is 25.2 Å². The van der Waals surface area contributed by atoms with Crippen molar-refractivity contribution >= 4 is 11.9 Å². The van der Waals surface area contributed by atoms with E-state index in [1.807, 2.05) is 0 Å². The number of aliphatic hydroxyl groups is 1.